The van der Waals surface area contributed by atoms with Gasteiger partial charge < -0.3 is 9.32 Å². The molecule has 0 aliphatic carbocycles. The molecule has 3 nitrogen and oxygen atoms in total. The number of furan rings is 1. The van der Waals surface area contributed by atoms with Crippen molar-refractivity contribution >= 4 is 21.8 Å². The quantitative estimate of drug-likeness (QED) is 0.870. The van der Waals surface area contributed by atoms with Gasteiger partial charge in [-0.25, -0.2) is 0 Å². The lowest BCUT2D eigenvalue weighted by Crippen LogP contribution is -2.26. The van der Waals surface area contributed by atoms with E-state index in [4.69, 9.17) is 4.42 Å². The molecule has 17 heavy (non-hydrogen) atoms. The number of nitrogens with zero attached hydrogens (tertiary/aromatic N) is 1. The van der Waals surface area contributed by atoms with Gasteiger partial charge in [-0.3, -0.25) is 4.79 Å². The molecule has 0 atom stereocenters. The Bertz CT molecular complexity index is 508. The van der Waals surface area contributed by atoms with Gasteiger partial charge in [-0.15, -0.1) is 0 Å². The van der Waals surface area contributed by atoms with Crippen molar-refractivity contribution in [2.45, 2.75) is 6.54 Å². The third-order valence-electron chi connectivity index (χ3n) is 2.42. The van der Waals surface area contributed by atoms with Gasteiger partial charge in [0.05, 0.1) is 18.4 Å². The van der Waals surface area contributed by atoms with Crippen LogP contribution in [0.1, 0.15) is 16.1 Å². The Morgan fingerprint density at radius 3 is 2.71 bits per heavy atom. The molecule has 2 aromatic rings. The molecule has 0 unspecified atom stereocenters. The number of carbonyl (C=O) groups is 1. The molecule has 0 saturated carbocycles. The summed E-state index contributed by atoms with van der Waals surface area (Å²) in [5.74, 6) is 0.738. The highest BCUT2D eigenvalue weighted by Crippen LogP contribution is 2.18. The van der Waals surface area contributed by atoms with Crippen LogP contribution in [0.25, 0.3) is 0 Å². The average molecular weight is 294 g/mol. The fourth-order valence-corrected chi connectivity index (χ4v) is 2.00. The van der Waals surface area contributed by atoms with Gasteiger partial charge in [-0.2, -0.15) is 0 Å². The van der Waals surface area contributed by atoms with Crippen LogP contribution >= 0.6 is 15.9 Å². The molecule has 0 saturated heterocycles. The second kappa shape index (κ2) is 5.19. The number of hydrogen-bond acceptors (Lipinski definition) is 2. The molecule has 1 aromatic heterocycles. The Morgan fingerprint density at radius 1 is 1.29 bits per heavy atom. The zero-order chi connectivity index (χ0) is 12.3. The summed E-state index contributed by atoms with van der Waals surface area (Å²) in [5, 5.41) is 0. The maximum atomic E-state index is 12.1. The lowest BCUT2D eigenvalue weighted by molar-refractivity contribution is 0.0774. The number of carbonyl (C=O) groups excluding carboxylic acids is 1. The molecule has 2 rings (SSSR count). The number of amides is 1. The van der Waals surface area contributed by atoms with Crippen molar-refractivity contribution in [2.24, 2.45) is 0 Å². The first-order valence-electron chi connectivity index (χ1n) is 5.21. The lowest BCUT2D eigenvalue weighted by atomic mass is 10.2. The van der Waals surface area contributed by atoms with E-state index in [1.165, 1.54) is 0 Å². The number of benzene rings is 1. The SMILES string of the molecule is CN(Cc1ccco1)C(=O)c1ccccc1Br. The van der Waals surface area contributed by atoms with E-state index in [9.17, 15) is 4.79 Å². The number of rotatable bonds is 3. The molecular weight excluding hydrogens is 282 g/mol. The monoisotopic (exact) mass is 293 g/mol. The first kappa shape index (κ1) is 11.9. The number of hydrogen-bond donors (Lipinski definition) is 0. The first-order valence-corrected chi connectivity index (χ1v) is 6.00. The summed E-state index contributed by atoms with van der Waals surface area (Å²) in [6.07, 6.45) is 1.60. The van der Waals surface area contributed by atoms with Gasteiger partial charge in [-0.05, 0) is 40.2 Å². The van der Waals surface area contributed by atoms with Gasteiger partial charge in [0.15, 0.2) is 0 Å². The molecule has 0 bridgehead atoms. The van der Waals surface area contributed by atoms with Crippen molar-refractivity contribution in [2.75, 3.05) is 7.05 Å². The van der Waals surface area contributed by atoms with Crippen LogP contribution in [0.2, 0.25) is 0 Å². The van der Waals surface area contributed by atoms with Gasteiger partial charge in [0.2, 0.25) is 0 Å². The van der Waals surface area contributed by atoms with Crippen LogP contribution in [0.4, 0.5) is 0 Å². The minimum absolute atomic E-state index is 0.0334. The second-order valence-electron chi connectivity index (χ2n) is 3.72. The highest BCUT2D eigenvalue weighted by Gasteiger charge is 2.15. The van der Waals surface area contributed by atoms with E-state index in [1.54, 1.807) is 24.3 Å². The third-order valence-corrected chi connectivity index (χ3v) is 3.12. The molecule has 4 heteroatoms. The van der Waals surface area contributed by atoms with Gasteiger partial charge in [-0.1, -0.05) is 12.1 Å². The summed E-state index contributed by atoms with van der Waals surface area (Å²) < 4.78 is 6.02. The Labute approximate surface area is 108 Å². The molecule has 0 aliphatic rings. The van der Waals surface area contributed by atoms with Crippen molar-refractivity contribution in [1.29, 1.82) is 0 Å². The van der Waals surface area contributed by atoms with E-state index in [-0.39, 0.29) is 5.91 Å². The molecule has 0 radical (unpaired) electrons. The Kier molecular flexibility index (Phi) is 3.64. The zero-order valence-corrected chi connectivity index (χ0v) is 11.0. The van der Waals surface area contributed by atoms with Crippen LogP contribution in [-0.2, 0) is 6.54 Å². The summed E-state index contributed by atoms with van der Waals surface area (Å²) >= 11 is 3.37. The van der Waals surface area contributed by atoms with Crippen LogP contribution in [0.3, 0.4) is 0 Å². The highest BCUT2D eigenvalue weighted by atomic mass is 79.9. The van der Waals surface area contributed by atoms with Crippen LogP contribution in [0, 0.1) is 0 Å². The summed E-state index contributed by atoms with van der Waals surface area (Å²) in [7, 11) is 1.75. The molecule has 0 N–H and O–H groups in total. The molecule has 0 aliphatic heterocycles. The summed E-state index contributed by atoms with van der Waals surface area (Å²) in [4.78, 5) is 13.8. The summed E-state index contributed by atoms with van der Waals surface area (Å²) in [6.45, 7) is 0.465. The summed E-state index contributed by atoms with van der Waals surface area (Å²) in [5.41, 5.74) is 0.654. The van der Waals surface area contributed by atoms with Gasteiger partial charge in [0, 0.05) is 11.5 Å². The fraction of sp³-hybridized carbons (Fsp3) is 0.154. The van der Waals surface area contributed by atoms with Crippen molar-refractivity contribution in [3.8, 4) is 0 Å². The van der Waals surface area contributed by atoms with Gasteiger partial charge >= 0.3 is 0 Å². The van der Waals surface area contributed by atoms with Crippen molar-refractivity contribution in [3.05, 3.63) is 58.5 Å². The smallest absolute Gasteiger partial charge is 0.255 e. The summed E-state index contributed by atoms with van der Waals surface area (Å²) in [6, 6.07) is 11.0. The maximum Gasteiger partial charge on any atom is 0.255 e. The van der Waals surface area contributed by atoms with E-state index in [0.29, 0.717) is 12.1 Å². The Hall–Kier alpha value is -1.55. The number of halogens is 1. The molecular formula is C13H12BrNO2. The lowest BCUT2D eigenvalue weighted by Gasteiger charge is -2.16. The van der Waals surface area contributed by atoms with Crippen molar-refractivity contribution in [1.82, 2.24) is 4.90 Å². The van der Waals surface area contributed by atoms with E-state index >= 15 is 0 Å². The molecule has 0 spiro atoms. The molecule has 0 fully saturated rings. The first-order chi connectivity index (χ1) is 8.18. The minimum Gasteiger partial charge on any atom is -0.467 e. The molecule has 1 heterocycles. The topological polar surface area (TPSA) is 33.5 Å². The van der Waals surface area contributed by atoms with E-state index < -0.39 is 0 Å². The molecule has 88 valence electrons. The van der Waals surface area contributed by atoms with Crippen LogP contribution in [0.5, 0.6) is 0 Å². The largest absolute Gasteiger partial charge is 0.467 e. The predicted octanol–water partition coefficient (Wildman–Crippen LogP) is 3.31. The standard InChI is InChI=1S/C13H12BrNO2/c1-15(9-10-5-4-8-17-10)13(16)11-6-2-3-7-12(11)14/h2-8H,9H2,1H3. The van der Waals surface area contributed by atoms with E-state index in [1.807, 2.05) is 30.3 Å². The normalized spacial score (nSPS) is 10.2. The Morgan fingerprint density at radius 2 is 2.06 bits per heavy atom. The van der Waals surface area contributed by atoms with Crippen LogP contribution < -0.4 is 0 Å². The predicted molar refractivity (Wildman–Crippen MR) is 68.6 cm³/mol. The third kappa shape index (κ3) is 2.77. The molecule has 1 amide bonds. The van der Waals surface area contributed by atoms with E-state index in [2.05, 4.69) is 15.9 Å². The van der Waals surface area contributed by atoms with Crippen molar-refractivity contribution in [3.63, 3.8) is 0 Å². The van der Waals surface area contributed by atoms with Gasteiger partial charge in [0.25, 0.3) is 5.91 Å². The van der Waals surface area contributed by atoms with Crippen molar-refractivity contribution < 1.29 is 9.21 Å². The zero-order valence-electron chi connectivity index (χ0n) is 9.39. The fourth-order valence-electron chi connectivity index (χ4n) is 1.55. The minimum atomic E-state index is -0.0334. The van der Waals surface area contributed by atoms with Crippen LogP contribution in [-0.4, -0.2) is 17.9 Å². The highest BCUT2D eigenvalue weighted by molar-refractivity contribution is 9.10. The Balaban J connectivity index is 2.13. The average Bonchev–Trinajstić information content (AvgIpc) is 2.81. The van der Waals surface area contributed by atoms with Crippen LogP contribution in [0.15, 0.2) is 51.6 Å². The second-order valence-corrected chi connectivity index (χ2v) is 4.57. The maximum absolute atomic E-state index is 12.1. The van der Waals surface area contributed by atoms with Gasteiger partial charge in [0.1, 0.15) is 5.76 Å². The molecule has 1 aromatic carbocycles. The van der Waals surface area contributed by atoms with E-state index in [0.717, 1.165) is 10.2 Å².